The second kappa shape index (κ2) is 6.52. The van der Waals surface area contributed by atoms with E-state index in [1.54, 1.807) is 42.3 Å². The van der Waals surface area contributed by atoms with Crippen LogP contribution in [-0.4, -0.2) is 38.4 Å². The lowest BCUT2D eigenvalue weighted by Crippen LogP contribution is -2.38. The predicted octanol–water partition coefficient (Wildman–Crippen LogP) is 0.920. The molecule has 2 aromatic rings. The molecule has 8 nitrogen and oxygen atoms in total. The maximum atomic E-state index is 11.8. The molecule has 2 aromatic heterocycles. The number of aromatic nitrogens is 4. The molecule has 2 N–H and O–H groups in total. The van der Waals surface area contributed by atoms with Crippen molar-refractivity contribution < 1.29 is 9.53 Å². The summed E-state index contributed by atoms with van der Waals surface area (Å²) in [5.41, 5.74) is 5.28. The molecule has 1 fully saturated rings. The third-order valence-electron chi connectivity index (χ3n) is 3.38. The topological polar surface area (TPSA) is 94.0 Å². The first-order valence-electron chi connectivity index (χ1n) is 7.22. The molecule has 22 heavy (non-hydrogen) atoms. The molecule has 0 saturated heterocycles. The first-order chi connectivity index (χ1) is 10.7. The van der Waals surface area contributed by atoms with Crippen molar-refractivity contribution in [3.05, 3.63) is 30.9 Å². The fourth-order valence-corrected chi connectivity index (χ4v) is 1.79. The van der Waals surface area contributed by atoms with Crippen molar-refractivity contribution in [3.63, 3.8) is 0 Å². The number of carbonyl (C=O) groups is 1. The van der Waals surface area contributed by atoms with Crippen LogP contribution in [0.15, 0.2) is 30.9 Å². The highest BCUT2D eigenvalue weighted by molar-refractivity contribution is 5.81. The lowest BCUT2D eigenvalue weighted by atomic mass is 10.4. The Labute approximate surface area is 127 Å². The van der Waals surface area contributed by atoms with Gasteiger partial charge >= 0.3 is 0 Å². The molecule has 1 aliphatic rings. The minimum absolute atomic E-state index is 0.235. The van der Waals surface area contributed by atoms with Crippen LogP contribution < -0.4 is 10.9 Å². The first-order valence-corrected chi connectivity index (χ1v) is 7.22. The van der Waals surface area contributed by atoms with Gasteiger partial charge in [-0.05, 0) is 37.8 Å². The van der Waals surface area contributed by atoms with E-state index in [2.05, 4.69) is 26.0 Å². The minimum Gasteiger partial charge on any atom is -0.368 e. The van der Waals surface area contributed by atoms with E-state index >= 15 is 0 Å². The van der Waals surface area contributed by atoms with Crippen LogP contribution in [0, 0.1) is 5.92 Å². The Morgan fingerprint density at radius 2 is 2.32 bits per heavy atom. The zero-order chi connectivity index (χ0) is 15.4. The molecule has 1 atom stereocenters. The molecule has 116 valence electrons. The van der Waals surface area contributed by atoms with Crippen molar-refractivity contribution in [3.8, 4) is 5.82 Å². The van der Waals surface area contributed by atoms with E-state index in [4.69, 9.17) is 4.74 Å². The van der Waals surface area contributed by atoms with Gasteiger partial charge < -0.3 is 4.74 Å². The van der Waals surface area contributed by atoms with E-state index < -0.39 is 6.10 Å². The number of anilines is 1. The summed E-state index contributed by atoms with van der Waals surface area (Å²) in [6.07, 6.45) is 6.98. The zero-order valence-electron chi connectivity index (χ0n) is 12.3. The summed E-state index contributed by atoms with van der Waals surface area (Å²) >= 11 is 0. The first kappa shape index (κ1) is 14.5. The van der Waals surface area contributed by atoms with Gasteiger partial charge in [0.2, 0.25) is 0 Å². The average molecular weight is 302 g/mol. The molecule has 2 heterocycles. The van der Waals surface area contributed by atoms with Crippen LogP contribution in [0.4, 0.5) is 5.82 Å². The number of nitrogens with one attached hydrogen (secondary N) is 2. The molecule has 3 rings (SSSR count). The summed E-state index contributed by atoms with van der Waals surface area (Å²) < 4.78 is 7.23. The van der Waals surface area contributed by atoms with Gasteiger partial charge in [-0.15, -0.1) is 10.2 Å². The molecule has 0 unspecified atom stereocenters. The number of amides is 1. The lowest BCUT2D eigenvalue weighted by Gasteiger charge is -2.13. The fourth-order valence-electron chi connectivity index (χ4n) is 1.79. The van der Waals surface area contributed by atoms with E-state index in [-0.39, 0.29) is 5.91 Å². The van der Waals surface area contributed by atoms with E-state index in [1.165, 1.54) is 12.8 Å². The second-order valence-corrected chi connectivity index (χ2v) is 5.28. The normalized spacial score (nSPS) is 15.3. The Kier molecular flexibility index (Phi) is 4.29. The number of hydrazine groups is 1. The molecule has 1 amide bonds. The number of hydrogen-bond acceptors (Lipinski definition) is 6. The lowest BCUT2D eigenvalue weighted by molar-refractivity contribution is -0.131. The summed E-state index contributed by atoms with van der Waals surface area (Å²) in [6, 6.07) is 3.49. The molecule has 1 aliphatic carbocycles. The van der Waals surface area contributed by atoms with Crippen molar-refractivity contribution in [1.29, 1.82) is 0 Å². The Morgan fingerprint density at radius 3 is 2.95 bits per heavy atom. The highest BCUT2D eigenvalue weighted by atomic mass is 16.5. The largest absolute Gasteiger partial charge is 0.368 e. The number of imidazole rings is 1. The van der Waals surface area contributed by atoms with Gasteiger partial charge in [0, 0.05) is 12.4 Å². The van der Waals surface area contributed by atoms with E-state index in [0.717, 1.165) is 0 Å². The van der Waals surface area contributed by atoms with E-state index in [9.17, 15) is 4.79 Å². The van der Waals surface area contributed by atoms with Crippen molar-refractivity contribution >= 4 is 11.7 Å². The summed E-state index contributed by atoms with van der Waals surface area (Å²) in [5, 5.41) is 8.02. The van der Waals surface area contributed by atoms with Gasteiger partial charge in [0.1, 0.15) is 12.4 Å². The molecule has 1 saturated carbocycles. The van der Waals surface area contributed by atoms with E-state index in [0.29, 0.717) is 24.2 Å². The van der Waals surface area contributed by atoms with Crippen LogP contribution in [-0.2, 0) is 9.53 Å². The summed E-state index contributed by atoms with van der Waals surface area (Å²) in [6.45, 7) is 2.38. The molecular formula is C14H18N6O2. The second-order valence-electron chi connectivity index (χ2n) is 5.28. The van der Waals surface area contributed by atoms with Crippen LogP contribution >= 0.6 is 0 Å². The third kappa shape index (κ3) is 3.79. The zero-order valence-corrected chi connectivity index (χ0v) is 12.3. The van der Waals surface area contributed by atoms with Crippen LogP contribution in [0.25, 0.3) is 5.82 Å². The number of hydrogen-bond donors (Lipinski definition) is 2. The maximum absolute atomic E-state index is 11.8. The van der Waals surface area contributed by atoms with Gasteiger partial charge in [-0.3, -0.25) is 20.2 Å². The maximum Gasteiger partial charge on any atom is 0.267 e. The van der Waals surface area contributed by atoms with Gasteiger partial charge in [-0.1, -0.05) is 0 Å². The van der Waals surface area contributed by atoms with Crippen LogP contribution in [0.5, 0.6) is 0 Å². The minimum atomic E-state index is -0.494. The molecule has 0 aliphatic heterocycles. The molecule has 8 heteroatoms. The van der Waals surface area contributed by atoms with Gasteiger partial charge in [-0.25, -0.2) is 4.98 Å². The van der Waals surface area contributed by atoms with E-state index in [1.807, 2.05) is 0 Å². The summed E-state index contributed by atoms with van der Waals surface area (Å²) in [4.78, 5) is 15.8. The van der Waals surface area contributed by atoms with Crippen LogP contribution in [0.3, 0.4) is 0 Å². The highest BCUT2D eigenvalue weighted by Crippen LogP contribution is 2.29. The Hall–Kier alpha value is -2.48. The van der Waals surface area contributed by atoms with Crippen LogP contribution in [0.2, 0.25) is 0 Å². The van der Waals surface area contributed by atoms with Crippen LogP contribution in [0.1, 0.15) is 19.8 Å². The van der Waals surface area contributed by atoms with Gasteiger partial charge in [0.05, 0.1) is 6.61 Å². The van der Waals surface area contributed by atoms with Crippen molar-refractivity contribution in [2.75, 3.05) is 12.0 Å². The number of ether oxygens (including phenoxy) is 1. The predicted molar refractivity (Wildman–Crippen MR) is 79.1 cm³/mol. The smallest absolute Gasteiger partial charge is 0.267 e. The van der Waals surface area contributed by atoms with Crippen molar-refractivity contribution in [2.45, 2.75) is 25.9 Å². The monoisotopic (exact) mass is 302 g/mol. The Balaban J connectivity index is 1.47. The average Bonchev–Trinajstić information content (AvgIpc) is 3.22. The summed E-state index contributed by atoms with van der Waals surface area (Å²) in [5.74, 6) is 1.49. The Bertz CT molecular complexity index is 609. The summed E-state index contributed by atoms with van der Waals surface area (Å²) in [7, 11) is 0. The molecule has 0 aromatic carbocycles. The number of rotatable bonds is 7. The molecule has 0 bridgehead atoms. The fraction of sp³-hybridized carbons (Fsp3) is 0.429. The third-order valence-corrected chi connectivity index (χ3v) is 3.38. The standard InChI is InChI=1S/C14H18N6O2/c1-10(22-8-11-2-3-11)14(21)19-17-12-4-5-13(18-16-12)20-7-6-15-9-20/h4-7,9-11H,2-3,8H2,1H3,(H,16,17)(H,19,21)/t10-/m0/s1. The number of nitrogens with zero attached hydrogens (tertiary/aromatic N) is 4. The van der Waals surface area contributed by atoms with Gasteiger partial charge in [0.15, 0.2) is 11.6 Å². The SMILES string of the molecule is C[C@H](OCC1CC1)C(=O)NNc1ccc(-n2ccnc2)nn1. The molecule has 0 radical (unpaired) electrons. The molecule has 0 spiro atoms. The van der Waals surface area contributed by atoms with Crippen molar-refractivity contribution in [2.24, 2.45) is 5.92 Å². The highest BCUT2D eigenvalue weighted by Gasteiger charge is 2.24. The quantitative estimate of drug-likeness (QED) is 0.739. The number of carbonyl (C=O) groups excluding carboxylic acids is 1. The Morgan fingerprint density at radius 1 is 1.45 bits per heavy atom. The van der Waals surface area contributed by atoms with Gasteiger partial charge in [0.25, 0.3) is 5.91 Å². The molecular weight excluding hydrogens is 284 g/mol. The van der Waals surface area contributed by atoms with Crippen molar-refractivity contribution in [1.82, 2.24) is 25.2 Å². The van der Waals surface area contributed by atoms with Gasteiger partial charge in [-0.2, -0.15) is 0 Å².